The zero-order valence-electron chi connectivity index (χ0n) is 20.0. The Kier molecular flexibility index (Phi) is 9.32. The molecule has 1 atom stereocenters. The van der Waals surface area contributed by atoms with Crippen molar-refractivity contribution < 1.29 is 14.3 Å². The minimum Gasteiger partial charge on any atom is -0.483 e. The Hall–Kier alpha value is -2.34. The molecule has 174 valence electrons. The molecule has 0 fully saturated rings. The molecular weight excluding hydrogens is 468 g/mol. The van der Waals surface area contributed by atoms with E-state index in [9.17, 15) is 9.59 Å². The van der Waals surface area contributed by atoms with Gasteiger partial charge in [-0.3, -0.25) is 9.59 Å². The van der Waals surface area contributed by atoms with E-state index in [2.05, 4.69) is 28.2 Å². The molecule has 5 nitrogen and oxygen atoms in total. The van der Waals surface area contributed by atoms with Gasteiger partial charge >= 0.3 is 0 Å². The predicted octanol–water partition coefficient (Wildman–Crippen LogP) is 5.42. The van der Waals surface area contributed by atoms with Crippen molar-refractivity contribution in [3.05, 3.63) is 63.6 Å². The van der Waals surface area contributed by atoms with Crippen molar-refractivity contribution in [3.8, 4) is 5.75 Å². The second-order valence-corrected chi connectivity index (χ2v) is 9.87. The number of amides is 2. The molecule has 2 rings (SSSR count). The normalized spacial score (nSPS) is 12.2. The van der Waals surface area contributed by atoms with Crippen LogP contribution in [0.15, 0.2) is 46.9 Å². The van der Waals surface area contributed by atoms with Gasteiger partial charge < -0.3 is 15.0 Å². The molecule has 0 radical (unpaired) electrons. The van der Waals surface area contributed by atoms with E-state index in [-0.39, 0.29) is 24.0 Å². The number of carbonyl (C=O) groups excluding carboxylic acids is 2. The number of halogens is 1. The molecule has 0 aliphatic carbocycles. The van der Waals surface area contributed by atoms with Gasteiger partial charge in [-0.1, -0.05) is 44.2 Å². The fourth-order valence-corrected chi connectivity index (χ4v) is 3.99. The summed E-state index contributed by atoms with van der Waals surface area (Å²) in [6.45, 7) is 12.0. The van der Waals surface area contributed by atoms with Gasteiger partial charge in [0.1, 0.15) is 11.8 Å². The minimum absolute atomic E-state index is 0.144. The van der Waals surface area contributed by atoms with Crippen molar-refractivity contribution in [2.45, 2.75) is 72.5 Å². The van der Waals surface area contributed by atoms with Crippen molar-refractivity contribution in [1.82, 2.24) is 10.2 Å². The van der Waals surface area contributed by atoms with E-state index in [4.69, 9.17) is 4.74 Å². The van der Waals surface area contributed by atoms with Crippen LogP contribution in [-0.4, -0.2) is 34.9 Å². The lowest BCUT2D eigenvalue weighted by Gasteiger charge is -2.33. The molecule has 0 aliphatic heterocycles. The summed E-state index contributed by atoms with van der Waals surface area (Å²) in [5.74, 6) is 0.227. The van der Waals surface area contributed by atoms with Crippen LogP contribution in [0.25, 0.3) is 0 Å². The van der Waals surface area contributed by atoms with Crippen LogP contribution in [0.5, 0.6) is 5.75 Å². The largest absolute Gasteiger partial charge is 0.483 e. The Morgan fingerprint density at radius 3 is 2.38 bits per heavy atom. The van der Waals surface area contributed by atoms with E-state index in [1.54, 1.807) is 4.90 Å². The van der Waals surface area contributed by atoms with Crippen LogP contribution >= 0.6 is 15.9 Å². The number of hydrogen-bond acceptors (Lipinski definition) is 3. The number of hydrogen-bond donors (Lipinski definition) is 1. The van der Waals surface area contributed by atoms with Crippen LogP contribution in [0.1, 0.15) is 57.7 Å². The SMILES string of the molecule is CCc1ccc(OCC(=O)N(Cc2ccccc2C)[C@@H](CC)C(=O)NC(C)(C)C)c(Br)c1. The Morgan fingerprint density at radius 2 is 1.81 bits per heavy atom. The van der Waals surface area contributed by atoms with Crippen LogP contribution in [0, 0.1) is 6.92 Å². The standard InChI is InChI=1S/C26H35BrN2O3/c1-7-19-13-14-23(21(27)15-19)32-17-24(30)29(16-20-12-10-9-11-18(20)3)22(8-2)25(31)28-26(4,5)6/h9-15,22H,7-8,16-17H2,1-6H3,(H,28,31)/t22-/m0/s1. The molecule has 1 N–H and O–H groups in total. The average Bonchev–Trinajstić information content (AvgIpc) is 2.72. The highest BCUT2D eigenvalue weighted by Crippen LogP contribution is 2.26. The number of nitrogens with zero attached hydrogens (tertiary/aromatic N) is 1. The summed E-state index contributed by atoms with van der Waals surface area (Å²) >= 11 is 3.52. The van der Waals surface area contributed by atoms with Crippen LogP contribution in [0.4, 0.5) is 0 Å². The Morgan fingerprint density at radius 1 is 1.12 bits per heavy atom. The first kappa shape index (κ1) is 25.9. The lowest BCUT2D eigenvalue weighted by molar-refractivity contribution is -0.143. The average molecular weight is 503 g/mol. The maximum Gasteiger partial charge on any atom is 0.261 e. The number of aryl methyl sites for hydroxylation is 2. The third-order valence-electron chi connectivity index (χ3n) is 5.24. The van der Waals surface area contributed by atoms with Gasteiger partial charge in [-0.05, 0) is 85.3 Å². The second-order valence-electron chi connectivity index (χ2n) is 9.02. The summed E-state index contributed by atoms with van der Waals surface area (Å²) in [6, 6.07) is 13.2. The summed E-state index contributed by atoms with van der Waals surface area (Å²) in [6.07, 6.45) is 1.43. The molecule has 0 aromatic heterocycles. The van der Waals surface area contributed by atoms with E-state index >= 15 is 0 Å². The Labute approximate surface area is 200 Å². The summed E-state index contributed by atoms with van der Waals surface area (Å²) < 4.78 is 6.67. The maximum absolute atomic E-state index is 13.3. The summed E-state index contributed by atoms with van der Waals surface area (Å²) in [5, 5.41) is 3.02. The van der Waals surface area contributed by atoms with Gasteiger partial charge in [0.2, 0.25) is 5.91 Å². The van der Waals surface area contributed by atoms with Crippen molar-refractivity contribution in [2.24, 2.45) is 0 Å². The van der Waals surface area contributed by atoms with E-state index in [0.29, 0.717) is 18.7 Å². The van der Waals surface area contributed by atoms with Crippen LogP contribution in [-0.2, 0) is 22.6 Å². The molecule has 0 saturated heterocycles. The first-order chi connectivity index (χ1) is 15.1. The number of benzene rings is 2. The van der Waals surface area contributed by atoms with Gasteiger partial charge in [-0.25, -0.2) is 0 Å². The zero-order valence-corrected chi connectivity index (χ0v) is 21.6. The molecule has 0 bridgehead atoms. The first-order valence-corrected chi connectivity index (χ1v) is 11.9. The molecule has 2 aromatic carbocycles. The van der Waals surface area contributed by atoms with E-state index in [1.807, 2.05) is 77.1 Å². The van der Waals surface area contributed by atoms with Crippen LogP contribution < -0.4 is 10.1 Å². The molecular formula is C26H35BrN2O3. The van der Waals surface area contributed by atoms with Gasteiger partial charge in [0.15, 0.2) is 6.61 Å². The number of rotatable bonds is 9. The third-order valence-corrected chi connectivity index (χ3v) is 5.86. The quantitative estimate of drug-likeness (QED) is 0.497. The van der Waals surface area contributed by atoms with Crippen LogP contribution in [0.3, 0.4) is 0 Å². The minimum atomic E-state index is -0.587. The summed E-state index contributed by atoms with van der Waals surface area (Å²) in [5.41, 5.74) is 2.89. The van der Waals surface area contributed by atoms with E-state index in [1.165, 1.54) is 5.56 Å². The number of nitrogens with one attached hydrogen (secondary N) is 1. The molecule has 0 saturated carbocycles. The molecule has 2 aromatic rings. The fraction of sp³-hybridized carbons (Fsp3) is 0.462. The Bertz CT molecular complexity index is 937. The molecule has 2 amide bonds. The molecule has 0 aliphatic rings. The Balaban J connectivity index is 2.26. The van der Waals surface area contributed by atoms with Gasteiger partial charge in [0.05, 0.1) is 4.47 Å². The van der Waals surface area contributed by atoms with Gasteiger partial charge in [0, 0.05) is 12.1 Å². The van der Waals surface area contributed by atoms with Crippen molar-refractivity contribution in [1.29, 1.82) is 0 Å². The van der Waals surface area contributed by atoms with Crippen LogP contribution in [0.2, 0.25) is 0 Å². The zero-order chi connectivity index (χ0) is 23.9. The predicted molar refractivity (Wildman–Crippen MR) is 133 cm³/mol. The lowest BCUT2D eigenvalue weighted by atomic mass is 10.0. The summed E-state index contributed by atoms with van der Waals surface area (Å²) in [4.78, 5) is 28.0. The van der Waals surface area contributed by atoms with E-state index < -0.39 is 6.04 Å². The summed E-state index contributed by atoms with van der Waals surface area (Å²) in [7, 11) is 0. The van der Waals surface area contributed by atoms with E-state index in [0.717, 1.165) is 22.0 Å². The number of ether oxygens (including phenoxy) is 1. The van der Waals surface area contributed by atoms with Crippen molar-refractivity contribution in [2.75, 3.05) is 6.61 Å². The fourth-order valence-electron chi connectivity index (χ4n) is 3.45. The van der Waals surface area contributed by atoms with Crippen molar-refractivity contribution >= 4 is 27.7 Å². The first-order valence-electron chi connectivity index (χ1n) is 11.1. The molecule has 0 spiro atoms. The molecule has 32 heavy (non-hydrogen) atoms. The molecule has 0 heterocycles. The van der Waals surface area contributed by atoms with Gasteiger partial charge in [0.25, 0.3) is 5.91 Å². The number of carbonyl (C=O) groups is 2. The topological polar surface area (TPSA) is 58.6 Å². The molecule has 0 unspecified atom stereocenters. The second kappa shape index (κ2) is 11.5. The maximum atomic E-state index is 13.3. The third kappa shape index (κ3) is 7.37. The highest BCUT2D eigenvalue weighted by atomic mass is 79.9. The van der Waals surface area contributed by atoms with Crippen molar-refractivity contribution in [3.63, 3.8) is 0 Å². The highest BCUT2D eigenvalue weighted by Gasteiger charge is 2.31. The lowest BCUT2D eigenvalue weighted by Crippen LogP contribution is -2.54. The monoisotopic (exact) mass is 502 g/mol. The van der Waals surface area contributed by atoms with Gasteiger partial charge in [-0.15, -0.1) is 0 Å². The molecule has 6 heteroatoms. The van der Waals surface area contributed by atoms with Gasteiger partial charge in [-0.2, -0.15) is 0 Å². The highest BCUT2D eigenvalue weighted by molar-refractivity contribution is 9.10. The smallest absolute Gasteiger partial charge is 0.261 e.